The summed E-state index contributed by atoms with van der Waals surface area (Å²) in [6.07, 6.45) is 4.77. The van der Waals surface area contributed by atoms with Crippen molar-refractivity contribution >= 4 is 17.8 Å². The van der Waals surface area contributed by atoms with E-state index in [2.05, 4.69) is 0 Å². The first kappa shape index (κ1) is 19.7. The molecule has 2 aliphatic heterocycles. The second kappa shape index (κ2) is 7.31. The zero-order valence-corrected chi connectivity index (χ0v) is 17.1. The molecule has 0 N–H and O–H groups in total. The number of amides is 2. The largest absolute Gasteiger partial charge is 0.469 e. The fourth-order valence-electron chi connectivity index (χ4n) is 4.88. The minimum absolute atomic E-state index is 0.0725. The predicted molar refractivity (Wildman–Crippen MR) is 104 cm³/mol. The van der Waals surface area contributed by atoms with Crippen LogP contribution in [0.2, 0.25) is 0 Å². The molecule has 1 aromatic heterocycles. The lowest BCUT2D eigenvalue weighted by molar-refractivity contribution is -0.147. The highest BCUT2D eigenvalue weighted by atomic mass is 16.5. The van der Waals surface area contributed by atoms with Crippen molar-refractivity contribution in [3.8, 4) is 0 Å². The lowest BCUT2D eigenvalue weighted by atomic mass is 9.97. The highest BCUT2D eigenvalue weighted by Gasteiger charge is 2.50. The van der Waals surface area contributed by atoms with Gasteiger partial charge in [0.25, 0.3) is 11.5 Å². The van der Waals surface area contributed by atoms with Crippen molar-refractivity contribution in [2.45, 2.75) is 57.7 Å². The van der Waals surface area contributed by atoms with Crippen LogP contribution in [0.15, 0.2) is 17.1 Å². The Kier molecular flexibility index (Phi) is 4.96. The Morgan fingerprint density at radius 1 is 1.21 bits per heavy atom. The van der Waals surface area contributed by atoms with Gasteiger partial charge in [-0.05, 0) is 44.2 Å². The van der Waals surface area contributed by atoms with Crippen molar-refractivity contribution in [3.05, 3.63) is 33.7 Å². The fraction of sp³-hybridized carbons (Fsp3) is 0.619. The number of piperazine rings is 1. The number of aromatic nitrogens is 1. The van der Waals surface area contributed by atoms with Crippen molar-refractivity contribution in [2.24, 2.45) is 5.92 Å². The zero-order valence-electron chi connectivity index (χ0n) is 17.1. The monoisotopic (exact) mass is 401 g/mol. The summed E-state index contributed by atoms with van der Waals surface area (Å²) < 4.78 is 6.56. The van der Waals surface area contributed by atoms with E-state index in [4.69, 9.17) is 4.74 Å². The van der Waals surface area contributed by atoms with E-state index in [-0.39, 0.29) is 53.6 Å². The number of ether oxygens (including phenoxy) is 1. The van der Waals surface area contributed by atoms with Crippen molar-refractivity contribution in [2.75, 3.05) is 20.2 Å². The molecule has 0 radical (unpaired) electrons. The molecule has 1 aliphatic carbocycles. The second-order valence-electron chi connectivity index (χ2n) is 8.30. The van der Waals surface area contributed by atoms with Gasteiger partial charge in [0.1, 0.15) is 12.1 Å². The first-order valence-electron chi connectivity index (χ1n) is 10.3. The second-order valence-corrected chi connectivity index (χ2v) is 8.30. The molecule has 1 saturated carbocycles. The van der Waals surface area contributed by atoms with Crippen molar-refractivity contribution in [1.82, 2.24) is 14.4 Å². The highest BCUT2D eigenvalue weighted by Crippen LogP contribution is 2.36. The normalized spacial score (nSPS) is 26.4. The van der Waals surface area contributed by atoms with E-state index in [1.165, 1.54) is 12.0 Å². The molecule has 3 fully saturated rings. The fourth-order valence-corrected chi connectivity index (χ4v) is 4.88. The number of esters is 1. The first-order valence-corrected chi connectivity index (χ1v) is 10.3. The van der Waals surface area contributed by atoms with Crippen molar-refractivity contribution in [1.29, 1.82) is 0 Å². The van der Waals surface area contributed by atoms with Gasteiger partial charge in [0.2, 0.25) is 5.91 Å². The lowest BCUT2D eigenvalue weighted by Crippen LogP contribution is -2.58. The number of rotatable bonds is 4. The summed E-state index contributed by atoms with van der Waals surface area (Å²) in [4.78, 5) is 54.5. The molecule has 0 bridgehead atoms. The number of hydrogen-bond acceptors (Lipinski definition) is 5. The molecule has 8 heteroatoms. The van der Waals surface area contributed by atoms with Crippen LogP contribution in [0.25, 0.3) is 0 Å². The van der Waals surface area contributed by atoms with Gasteiger partial charge in [0, 0.05) is 24.8 Å². The van der Waals surface area contributed by atoms with Gasteiger partial charge >= 0.3 is 5.97 Å². The SMILES string of the molecule is CC[C@H]1[C@@H](C(=O)OC)C[C@H]2CN(C(=O)c3c(C)ccn(C4CC4)c3=O)CC(=O)N21. The number of hydrogen-bond donors (Lipinski definition) is 0. The molecular formula is C21H27N3O5. The topological polar surface area (TPSA) is 88.9 Å². The van der Waals surface area contributed by atoms with Gasteiger partial charge in [0.15, 0.2) is 0 Å². The van der Waals surface area contributed by atoms with Crippen LogP contribution in [0.1, 0.15) is 54.6 Å². The standard InChI is InChI=1S/C21H27N3O5/c1-4-16-15(21(28)29-3)9-14-10-22(11-17(25)24(14)16)19(26)18-12(2)7-8-23(20(18)27)13-5-6-13/h7-8,13-16H,4-6,9-11H2,1-3H3/t14-,15-,16-/m0/s1. The van der Waals surface area contributed by atoms with Crippen LogP contribution in [0.4, 0.5) is 0 Å². The van der Waals surface area contributed by atoms with Crippen LogP contribution < -0.4 is 5.56 Å². The molecule has 29 heavy (non-hydrogen) atoms. The Morgan fingerprint density at radius 2 is 1.93 bits per heavy atom. The van der Waals surface area contributed by atoms with E-state index in [0.717, 1.165) is 12.8 Å². The lowest BCUT2D eigenvalue weighted by Gasteiger charge is -2.39. The predicted octanol–water partition coefficient (Wildman–Crippen LogP) is 1.12. The minimum Gasteiger partial charge on any atom is -0.469 e. The van der Waals surface area contributed by atoms with E-state index in [9.17, 15) is 19.2 Å². The molecule has 156 valence electrons. The Morgan fingerprint density at radius 3 is 2.55 bits per heavy atom. The molecule has 0 aromatic carbocycles. The molecule has 2 saturated heterocycles. The van der Waals surface area contributed by atoms with E-state index < -0.39 is 5.91 Å². The number of pyridine rings is 1. The average Bonchev–Trinajstić information content (AvgIpc) is 3.46. The summed E-state index contributed by atoms with van der Waals surface area (Å²) in [5, 5.41) is 0. The zero-order chi connectivity index (χ0) is 20.9. The van der Waals surface area contributed by atoms with Crippen LogP contribution in [-0.2, 0) is 14.3 Å². The number of carbonyl (C=O) groups excluding carboxylic acids is 3. The van der Waals surface area contributed by atoms with Crippen LogP contribution in [0.5, 0.6) is 0 Å². The summed E-state index contributed by atoms with van der Waals surface area (Å²) in [6, 6.07) is 1.53. The molecule has 4 rings (SSSR count). The van der Waals surface area contributed by atoms with Crippen molar-refractivity contribution < 1.29 is 19.1 Å². The van der Waals surface area contributed by atoms with Gasteiger partial charge in [-0.2, -0.15) is 0 Å². The molecule has 0 unspecified atom stereocenters. The van der Waals surface area contributed by atoms with Gasteiger partial charge in [-0.15, -0.1) is 0 Å². The Balaban J connectivity index is 1.60. The first-order chi connectivity index (χ1) is 13.9. The van der Waals surface area contributed by atoms with Gasteiger partial charge < -0.3 is 19.1 Å². The van der Waals surface area contributed by atoms with Gasteiger partial charge in [-0.3, -0.25) is 19.2 Å². The van der Waals surface area contributed by atoms with Crippen molar-refractivity contribution in [3.63, 3.8) is 0 Å². The molecule has 8 nitrogen and oxygen atoms in total. The maximum Gasteiger partial charge on any atom is 0.310 e. The van der Waals surface area contributed by atoms with Crippen LogP contribution in [0.3, 0.4) is 0 Å². The Bertz CT molecular complexity index is 919. The molecular weight excluding hydrogens is 374 g/mol. The van der Waals surface area contributed by atoms with E-state index >= 15 is 0 Å². The summed E-state index contributed by atoms with van der Waals surface area (Å²) in [6.45, 7) is 3.95. The summed E-state index contributed by atoms with van der Waals surface area (Å²) in [5.41, 5.74) is 0.491. The molecule has 1 aromatic rings. The number of aryl methyl sites for hydroxylation is 1. The Labute approximate surface area is 169 Å². The number of fused-ring (bicyclic) bond motifs is 1. The van der Waals surface area contributed by atoms with Gasteiger partial charge in [-0.25, -0.2) is 0 Å². The third-order valence-corrected chi connectivity index (χ3v) is 6.48. The smallest absolute Gasteiger partial charge is 0.310 e. The quantitative estimate of drug-likeness (QED) is 0.706. The van der Waals surface area contributed by atoms with E-state index in [1.54, 1.807) is 28.7 Å². The summed E-state index contributed by atoms with van der Waals surface area (Å²) in [7, 11) is 1.35. The molecule has 3 aliphatic rings. The number of carbonyl (C=O) groups is 3. The number of methoxy groups -OCH3 is 1. The van der Waals surface area contributed by atoms with Crippen LogP contribution >= 0.6 is 0 Å². The molecule has 0 spiro atoms. The van der Waals surface area contributed by atoms with E-state index in [0.29, 0.717) is 24.9 Å². The third kappa shape index (κ3) is 3.24. The maximum atomic E-state index is 13.2. The van der Waals surface area contributed by atoms with Gasteiger partial charge in [-0.1, -0.05) is 6.92 Å². The Hall–Kier alpha value is -2.64. The maximum absolute atomic E-state index is 13.2. The molecule has 3 heterocycles. The highest BCUT2D eigenvalue weighted by molar-refractivity contribution is 5.98. The summed E-state index contributed by atoms with van der Waals surface area (Å²) >= 11 is 0. The minimum atomic E-state index is -0.398. The van der Waals surface area contributed by atoms with E-state index in [1.807, 2.05) is 6.92 Å². The van der Waals surface area contributed by atoms with Gasteiger partial charge in [0.05, 0.1) is 19.1 Å². The molecule has 3 atom stereocenters. The number of nitrogens with zero attached hydrogens (tertiary/aromatic N) is 3. The summed E-state index contributed by atoms with van der Waals surface area (Å²) in [5.74, 6) is -1.27. The van der Waals surface area contributed by atoms with Crippen LogP contribution in [-0.4, -0.2) is 64.4 Å². The van der Waals surface area contributed by atoms with Crippen LogP contribution in [0, 0.1) is 12.8 Å². The average molecular weight is 401 g/mol. The third-order valence-electron chi connectivity index (χ3n) is 6.48. The molecule has 2 amide bonds.